The zero-order valence-corrected chi connectivity index (χ0v) is 11.0. The highest BCUT2D eigenvalue weighted by Crippen LogP contribution is 2.28. The number of benzene rings is 1. The summed E-state index contributed by atoms with van der Waals surface area (Å²) in [6.45, 7) is 6.50. The Kier molecular flexibility index (Phi) is 3.98. The number of anilines is 1. The number of nitrogens with zero attached hydrogens (tertiary/aromatic N) is 1. The van der Waals surface area contributed by atoms with Crippen molar-refractivity contribution in [2.24, 2.45) is 0 Å². The van der Waals surface area contributed by atoms with Gasteiger partial charge in [-0.3, -0.25) is 4.79 Å². The van der Waals surface area contributed by atoms with Crippen LogP contribution in [0, 0.1) is 0 Å². The Morgan fingerprint density at radius 1 is 1.44 bits per heavy atom. The van der Waals surface area contributed by atoms with Crippen LogP contribution in [0.15, 0.2) is 18.2 Å². The molecular formula is C13H18ClNO. The predicted octanol–water partition coefficient (Wildman–Crippen LogP) is 3.78. The van der Waals surface area contributed by atoms with Crippen LogP contribution < -0.4 is 4.90 Å². The summed E-state index contributed by atoms with van der Waals surface area (Å²) in [7, 11) is 2.04. The minimum Gasteiger partial charge on any atom is -0.369 e. The zero-order valence-electron chi connectivity index (χ0n) is 10.2. The lowest BCUT2D eigenvalue weighted by molar-refractivity contribution is 0.112. The van der Waals surface area contributed by atoms with E-state index < -0.39 is 0 Å². The van der Waals surface area contributed by atoms with Crippen LogP contribution in [-0.2, 0) is 0 Å². The summed E-state index contributed by atoms with van der Waals surface area (Å²) >= 11 is 6.01. The van der Waals surface area contributed by atoms with Crippen molar-refractivity contribution >= 4 is 23.6 Å². The van der Waals surface area contributed by atoms with Crippen molar-refractivity contribution < 1.29 is 4.79 Å². The van der Waals surface area contributed by atoms with Gasteiger partial charge in [0.05, 0.1) is 5.02 Å². The quantitative estimate of drug-likeness (QED) is 0.746. The van der Waals surface area contributed by atoms with E-state index in [1.807, 2.05) is 19.2 Å². The van der Waals surface area contributed by atoms with Gasteiger partial charge in [-0.1, -0.05) is 18.5 Å². The van der Waals surface area contributed by atoms with Gasteiger partial charge in [0.15, 0.2) is 6.29 Å². The van der Waals surface area contributed by atoms with E-state index in [1.165, 1.54) is 0 Å². The van der Waals surface area contributed by atoms with Gasteiger partial charge in [0.2, 0.25) is 0 Å². The van der Waals surface area contributed by atoms with Crippen molar-refractivity contribution in [1.82, 2.24) is 0 Å². The summed E-state index contributed by atoms with van der Waals surface area (Å²) < 4.78 is 0. The van der Waals surface area contributed by atoms with Crippen molar-refractivity contribution in [3.8, 4) is 0 Å². The Morgan fingerprint density at radius 3 is 2.50 bits per heavy atom. The molecular weight excluding hydrogens is 222 g/mol. The second-order valence-corrected chi connectivity index (χ2v) is 4.96. The maximum atomic E-state index is 10.7. The first-order valence-electron chi connectivity index (χ1n) is 5.41. The fraction of sp³-hybridized carbons (Fsp3) is 0.462. The number of rotatable bonds is 4. The molecule has 88 valence electrons. The van der Waals surface area contributed by atoms with Crippen molar-refractivity contribution in [3.05, 3.63) is 28.8 Å². The second-order valence-electron chi connectivity index (χ2n) is 4.55. The molecule has 0 spiro atoms. The molecule has 0 bridgehead atoms. The monoisotopic (exact) mass is 239 g/mol. The third-order valence-corrected chi connectivity index (χ3v) is 3.60. The molecule has 16 heavy (non-hydrogen) atoms. The lowest BCUT2D eigenvalue weighted by Gasteiger charge is -2.37. The topological polar surface area (TPSA) is 20.3 Å². The van der Waals surface area contributed by atoms with Crippen LogP contribution in [0.25, 0.3) is 0 Å². The van der Waals surface area contributed by atoms with Gasteiger partial charge in [0, 0.05) is 23.8 Å². The van der Waals surface area contributed by atoms with Crippen molar-refractivity contribution in [2.45, 2.75) is 32.7 Å². The predicted molar refractivity (Wildman–Crippen MR) is 69.6 cm³/mol. The first kappa shape index (κ1) is 13.0. The maximum absolute atomic E-state index is 10.7. The van der Waals surface area contributed by atoms with Gasteiger partial charge >= 0.3 is 0 Å². The first-order valence-corrected chi connectivity index (χ1v) is 5.78. The molecule has 0 aliphatic rings. The third-order valence-electron chi connectivity index (χ3n) is 3.27. The maximum Gasteiger partial charge on any atom is 0.151 e. The molecule has 1 rings (SSSR count). The van der Waals surface area contributed by atoms with Crippen molar-refractivity contribution in [1.29, 1.82) is 0 Å². The molecule has 0 unspecified atom stereocenters. The Morgan fingerprint density at radius 2 is 2.06 bits per heavy atom. The highest BCUT2D eigenvalue weighted by atomic mass is 35.5. The Labute approximate surface area is 102 Å². The highest BCUT2D eigenvalue weighted by Gasteiger charge is 2.21. The van der Waals surface area contributed by atoms with Crippen molar-refractivity contribution in [2.75, 3.05) is 11.9 Å². The van der Waals surface area contributed by atoms with Crippen LogP contribution in [0.3, 0.4) is 0 Å². The van der Waals surface area contributed by atoms with Gasteiger partial charge in [-0.2, -0.15) is 0 Å². The Bertz CT molecular complexity index is 388. The molecule has 1 aromatic rings. The molecule has 0 N–H and O–H groups in total. The van der Waals surface area contributed by atoms with Crippen LogP contribution in [0.1, 0.15) is 37.6 Å². The summed E-state index contributed by atoms with van der Waals surface area (Å²) in [6.07, 6.45) is 1.81. The zero-order chi connectivity index (χ0) is 12.3. The minimum absolute atomic E-state index is 0.0754. The number of hydrogen-bond acceptors (Lipinski definition) is 2. The molecule has 0 aromatic heterocycles. The molecule has 0 saturated heterocycles. The van der Waals surface area contributed by atoms with E-state index in [-0.39, 0.29) is 5.54 Å². The van der Waals surface area contributed by atoms with E-state index in [0.717, 1.165) is 18.4 Å². The van der Waals surface area contributed by atoms with E-state index in [2.05, 4.69) is 25.7 Å². The summed E-state index contributed by atoms with van der Waals surface area (Å²) in [5, 5.41) is 0.506. The van der Waals surface area contributed by atoms with Gasteiger partial charge in [-0.15, -0.1) is 0 Å². The number of aldehydes is 1. The molecule has 0 atom stereocenters. The molecule has 0 amide bonds. The summed E-state index contributed by atoms with van der Waals surface area (Å²) in [5.74, 6) is 0. The number of halogens is 1. The van der Waals surface area contributed by atoms with E-state index in [0.29, 0.717) is 10.6 Å². The molecule has 0 fully saturated rings. The Balaban J connectivity index is 3.06. The second kappa shape index (κ2) is 4.88. The van der Waals surface area contributed by atoms with Gasteiger partial charge in [0.25, 0.3) is 0 Å². The van der Waals surface area contributed by atoms with E-state index in [9.17, 15) is 4.79 Å². The van der Waals surface area contributed by atoms with Gasteiger partial charge < -0.3 is 4.90 Å². The molecule has 0 aliphatic heterocycles. The SMILES string of the molecule is CCC(C)(C)N(C)c1ccc(C=O)c(Cl)c1. The number of carbonyl (C=O) groups is 1. The summed E-state index contributed by atoms with van der Waals surface area (Å²) in [4.78, 5) is 12.8. The van der Waals surface area contributed by atoms with Gasteiger partial charge in [-0.05, 0) is 38.5 Å². The molecule has 0 saturated carbocycles. The van der Waals surface area contributed by atoms with Crippen LogP contribution in [0.5, 0.6) is 0 Å². The molecule has 0 aliphatic carbocycles. The van der Waals surface area contributed by atoms with Crippen LogP contribution in [0.4, 0.5) is 5.69 Å². The molecule has 1 aromatic carbocycles. The van der Waals surface area contributed by atoms with E-state index in [4.69, 9.17) is 11.6 Å². The van der Waals surface area contributed by atoms with Crippen LogP contribution in [0.2, 0.25) is 5.02 Å². The van der Waals surface area contributed by atoms with Gasteiger partial charge in [0.1, 0.15) is 0 Å². The Hall–Kier alpha value is -1.02. The molecule has 0 radical (unpaired) electrons. The highest BCUT2D eigenvalue weighted by molar-refractivity contribution is 6.33. The van der Waals surface area contributed by atoms with Crippen molar-refractivity contribution in [3.63, 3.8) is 0 Å². The van der Waals surface area contributed by atoms with E-state index >= 15 is 0 Å². The largest absolute Gasteiger partial charge is 0.369 e. The van der Waals surface area contributed by atoms with Crippen LogP contribution in [-0.4, -0.2) is 18.9 Å². The normalized spacial score (nSPS) is 11.3. The summed E-state index contributed by atoms with van der Waals surface area (Å²) in [6, 6.07) is 5.52. The van der Waals surface area contributed by atoms with Gasteiger partial charge in [-0.25, -0.2) is 0 Å². The van der Waals surface area contributed by atoms with Crippen LogP contribution >= 0.6 is 11.6 Å². The number of carbonyl (C=O) groups excluding carboxylic acids is 1. The average Bonchev–Trinajstić information content (AvgIpc) is 2.27. The molecule has 3 heteroatoms. The lowest BCUT2D eigenvalue weighted by atomic mass is 9.99. The minimum atomic E-state index is 0.0754. The third kappa shape index (κ3) is 2.56. The molecule has 0 heterocycles. The van der Waals surface area contributed by atoms with E-state index in [1.54, 1.807) is 6.07 Å². The first-order chi connectivity index (χ1) is 7.42. The fourth-order valence-electron chi connectivity index (χ4n) is 1.41. The standard InChI is InChI=1S/C13H18ClNO/c1-5-13(2,3)15(4)11-7-6-10(9-16)12(14)8-11/h6-9H,5H2,1-4H3. The lowest BCUT2D eigenvalue weighted by Crippen LogP contribution is -2.40. The number of hydrogen-bond donors (Lipinski definition) is 0. The fourth-order valence-corrected chi connectivity index (χ4v) is 1.63. The summed E-state index contributed by atoms with van der Waals surface area (Å²) in [5.41, 5.74) is 1.64. The average molecular weight is 240 g/mol. The molecule has 2 nitrogen and oxygen atoms in total. The smallest absolute Gasteiger partial charge is 0.151 e.